The molecule has 1 aliphatic rings. The Balaban J connectivity index is 2.67. The van der Waals surface area contributed by atoms with Crippen LogP contribution in [0.25, 0.3) is 0 Å². The quantitative estimate of drug-likeness (QED) is 0.622. The van der Waals surface area contributed by atoms with Crippen LogP contribution in [-0.2, 0) is 0 Å². The molecule has 0 amide bonds. The summed E-state index contributed by atoms with van der Waals surface area (Å²) in [6, 6.07) is 0. The number of rotatable bonds is 2. The molecule has 0 radical (unpaired) electrons. The first-order valence-corrected chi connectivity index (χ1v) is 6.63. The van der Waals surface area contributed by atoms with Gasteiger partial charge in [0.25, 0.3) is 0 Å². The molecule has 12 heavy (non-hydrogen) atoms. The van der Waals surface area contributed by atoms with Crippen molar-refractivity contribution in [3.8, 4) is 0 Å². The van der Waals surface area contributed by atoms with E-state index in [1.165, 1.54) is 24.3 Å². The molecule has 1 aliphatic heterocycles. The van der Waals surface area contributed by atoms with Gasteiger partial charge in [0, 0.05) is 0 Å². The van der Waals surface area contributed by atoms with E-state index in [0.29, 0.717) is 4.08 Å². The zero-order valence-corrected chi connectivity index (χ0v) is 9.86. The third-order valence-electron chi connectivity index (χ3n) is 2.36. The maximum absolute atomic E-state index is 2.38. The SMILES string of the molecule is C/C=C(\CC)C1(C)SCCCS1. The smallest absolute Gasteiger partial charge is 0.0792 e. The van der Waals surface area contributed by atoms with Gasteiger partial charge in [0.05, 0.1) is 4.08 Å². The van der Waals surface area contributed by atoms with E-state index >= 15 is 0 Å². The van der Waals surface area contributed by atoms with Crippen molar-refractivity contribution >= 4 is 23.5 Å². The molecule has 0 atom stereocenters. The Bertz CT molecular complexity index is 167. The molecule has 1 saturated heterocycles. The van der Waals surface area contributed by atoms with Gasteiger partial charge in [0.15, 0.2) is 0 Å². The lowest BCUT2D eigenvalue weighted by atomic mass is 10.1. The Morgan fingerprint density at radius 3 is 2.42 bits per heavy atom. The molecule has 0 nitrogen and oxygen atoms in total. The summed E-state index contributed by atoms with van der Waals surface area (Å²) in [5.41, 5.74) is 1.61. The van der Waals surface area contributed by atoms with Crippen LogP contribution in [-0.4, -0.2) is 15.6 Å². The molecule has 0 aromatic carbocycles. The van der Waals surface area contributed by atoms with Crippen LogP contribution in [0.5, 0.6) is 0 Å². The second-order valence-electron chi connectivity index (χ2n) is 3.16. The van der Waals surface area contributed by atoms with Crippen molar-refractivity contribution in [2.24, 2.45) is 0 Å². The van der Waals surface area contributed by atoms with Crippen molar-refractivity contribution in [2.45, 2.75) is 37.7 Å². The van der Waals surface area contributed by atoms with E-state index < -0.39 is 0 Å². The first-order chi connectivity index (χ1) is 5.73. The zero-order valence-electron chi connectivity index (χ0n) is 8.22. The molecule has 0 aromatic heterocycles. The van der Waals surface area contributed by atoms with Gasteiger partial charge < -0.3 is 0 Å². The largest absolute Gasteiger partial charge is 0.140 e. The Hall–Kier alpha value is 0.440. The topological polar surface area (TPSA) is 0 Å². The van der Waals surface area contributed by atoms with Crippen LogP contribution in [0.3, 0.4) is 0 Å². The zero-order chi connectivity index (χ0) is 9.03. The minimum Gasteiger partial charge on any atom is -0.140 e. The van der Waals surface area contributed by atoms with E-state index in [0.717, 1.165) is 0 Å². The molecule has 1 fully saturated rings. The highest BCUT2D eigenvalue weighted by molar-refractivity contribution is 8.19. The molecule has 70 valence electrons. The summed E-state index contributed by atoms with van der Waals surface area (Å²) in [5, 5.41) is 0. The molecular weight excluding hydrogens is 184 g/mol. The normalized spacial score (nSPS) is 24.1. The lowest BCUT2D eigenvalue weighted by molar-refractivity contribution is 0.920. The molecule has 1 rings (SSSR count). The van der Waals surface area contributed by atoms with Gasteiger partial charge in [-0.2, -0.15) is 0 Å². The van der Waals surface area contributed by atoms with Gasteiger partial charge in [-0.3, -0.25) is 0 Å². The summed E-state index contributed by atoms with van der Waals surface area (Å²) in [4.78, 5) is 0. The van der Waals surface area contributed by atoms with Gasteiger partial charge in [0.1, 0.15) is 0 Å². The fourth-order valence-corrected chi connectivity index (χ4v) is 4.87. The lowest BCUT2D eigenvalue weighted by Gasteiger charge is -2.34. The van der Waals surface area contributed by atoms with Gasteiger partial charge in [-0.25, -0.2) is 0 Å². The van der Waals surface area contributed by atoms with Crippen LogP contribution < -0.4 is 0 Å². The molecule has 0 bridgehead atoms. The van der Waals surface area contributed by atoms with E-state index in [4.69, 9.17) is 0 Å². The second-order valence-corrected chi connectivity index (χ2v) is 6.45. The summed E-state index contributed by atoms with van der Waals surface area (Å²) in [6.45, 7) is 6.80. The summed E-state index contributed by atoms with van der Waals surface area (Å²) in [5.74, 6) is 2.67. The first kappa shape index (κ1) is 10.5. The van der Waals surface area contributed by atoms with Crippen molar-refractivity contribution in [1.29, 1.82) is 0 Å². The number of thioether (sulfide) groups is 2. The predicted molar refractivity (Wildman–Crippen MR) is 62.0 cm³/mol. The molecule has 0 aliphatic carbocycles. The fraction of sp³-hybridized carbons (Fsp3) is 0.800. The number of allylic oxidation sites excluding steroid dienone is 1. The van der Waals surface area contributed by atoms with E-state index in [1.807, 2.05) is 0 Å². The van der Waals surface area contributed by atoms with E-state index in [9.17, 15) is 0 Å². The minimum absolute atomic E-state index is 0.391. The van der Waals surface area contributed by atoms with Gasteiger partial charge >= 0.3 is 0 Å². The maximum Gasteiger partial charge on any atom is 0.0792 e. The van der Waals surface area contributed by atoms with E-state index in [1.54, 1.807) is 5.57 Å². The summed E-state index contributed by atoms with van der Waals surface area (Å²) in [7, 11) is 0. The molecule has 0 unspecified atom stereocenters. The van der Waals surface area contributed by atoms with Crippen LogP contribution in [0.4, 0.5) is 0 Å². The Morgan fingerprint density at radius 2 is 2.00 bits per heavy atom. The van der Waals surface area contributed by atoms with Crippen molar-refractivity contribution in [2.75, 3.05) is 11.5 Å². The average Bonchev–Trinajstić information content (AvgIpc) is 2.07. The van der Waals surface area contributed by atoms with Gasteiger partial charge in [-0.1, -0.05) is 13.0 Å². The standard InChI is InChI=1S/C10H18S2/c1-4-9(5-2)10(3)11-7-6-8-12-10/h4H,5-8H2,1-3H3/b9-4+. The average molecular weight is 202 g/mol. The molecule has 0 spiro atoms. The molecule has 0 aromatic rings. The third kappa shape index (κ3) is 2.23. The second kappa shape index (κ2) is 4.61. The fourth-order valence-electron chi connectivity index (χ4n) is 1.61. The van der Waals surface area contributed by atoms with Crippen LogP contribution in [0.2, 0.25) is 0 Å². The summed E-state index contributed by atoms with van der Waals surface area (Å²) >= 11 is 4.23. The Labute approximate surface area is 84.6 Å². The van der Waals surface area contributed by atoms with Crippen molar-refractivity contribution in [3.05, 3.63) is 11.6 Å². The van der Waals surface area contributed by atoms with Crippen LogP contribution >= 0.6 is 23.5 Å². The van der Waals surface area contributed by atoms with Crippen LogP contribution in [0, 0.1) is 0 Å². The number of hydrogen-bond donors (Lipinski definition) is 0. The highest BCUT2D eigenvalue weighted by Crippen LogP contribution is 2.47. The van der Waals surface area contributed by atoms with Gasteiger partial charge in [-0.15, -0.1) is 23.5 Å². The minimum atomic E-state index is 0.391. The van der Waals surface area contributed by atoms with Gasteiger partial charge in [0.2, 0.25) is 0 Å². The van der Waals surface area contributed by atoms with Crippen molar-refractivity contribution < 1.29 is 0 Å². The maximum atomic E-state index is 2.38. The van der Waals surface area contributed by atoms with E-state index in [2.05, 4.69) is 50.4 Å². The molecular formula is C10H18S2. The molecule has 2 heteroatoms. The van der Waals surface area contributed by atoms with Crippen molar-refractivity contribution in [3.63, 3.8) is 0 Å². The monoisotopic (exact) mass is 202 g/mol. The lowest BCUT2D eigenvalue weighted by Crippen LogP contribution is -2.23. The van der Waals surface area contributed by atoms with E-state index in [-0.39, 0.29) is 0 Å². The highest BCUT2D eigenvalue weighted by Gasteiger charge is 2.30. The predicted octanol–water partition coefficient (Wildman–Crippen LogP) is 3.93. The Kier molecular flexibility index (Phi) is 4.04. The first-order valence-electron chi connectivity index (χ1n) is 4.66. The van der Waals surface area contributed by atoms with Gasteiger partial charge in [-0.05, 0) is 43.8 Å². The summed E-state index contributed by atoms with van der Waals surface area (Å²) in [6.07, 6.45) is 4.88. The van der Waals surface area contributed by atoms with Crippen LogP contribution in [0.15, 0.2) is 11.6 Å². The Morgan fingerprint density at radius 1 is 1.42 bits per heavy atom. The molecule has 1 heterocycles. The third-order valence-corrected chi connectivity index (χ3v) is 5.68. The summed E-state index contributed by atoms with van der Waals surface area (Å²) < 4.78 is 0.391. The number of hydrogen-bond acceptors (Lipinski definition) is 2. The molecule has 0 saturated carbocycles. The van der Waals surface area contributed by atoms with Crippen LogP contribution in [0.1, 0.15) is 33.6 Å². The van der Waals surface area contributed by atoms with Crippen molar-refractivity contribution in [1.82, 2.24) is 0 Å². The highest BCUT2D eigenvalue weighted by atomic mass is 32.2. The molecule has 0 N–H and O–H groups in total.